The molecule has 0 unspecified atom stereocenters. The highest BCUT2D eigenvalue weighted by Crippen LogP contribution is 2.24. The van der Waals surface area contributed by atoms with Gasteiger partial charge in [0.2, 0.25) is 5.91 Å². The molecule has 0 bridgehead atoms. The summed E-state index contributed by atoms with van der Waals surface area (Å²) in [4.78, 5) is 12.3. The summed E-state index contributed by atoms with van der Waals surface area (Å²) in [5.74, 6) is -0.275. The van der Waals surface area contributed by atoms with Crippen molar-refractivity contribution < 1.29 is 4.79 Å². The van der Waals surface area contributed by atoms with Crippen LogP contribution in [0.5, 0.6) is 0 Å². The number of rotatable bonds is 4. The number of amides is 1. The molecule has 3 heteroatoms. The fraction of sp³-hybridized carbons (Fsp3) is 0.222. The van der Waals surface area contributed by atoms with Crippen LogP contribution < -0.4 is 5.32 Å². The summed E-state index contributed by atoms with van der Waals surface area (Å²) >= 11 is 0. The van der Waals surface area contributed by atoms with E-state index in [1.54, 1.807) is 13.8 Å². The predicted molar refractivity (Wildman–Crippen MR) is 82.3 cm³/mol. The van der Waals surface area contributed by atoms with Gasteiger partial charge in [-0.15, -0.1) is 0 Å². The summed E-state index contributed by atoms with van der Waals surface area (Å²) in [6.45, 7) is 3.24. The minimum atomic E-state index is -1.05. The third kappa shape index (κ3) is 3.49. The van der Waals surface area contributed by atoms with Crippen molar-refractivity contribution >= 4 is 5.91 Å². The Hall–Kier alpha value is -2.60. The lowest BCUT2D eigenvalue weighted by atomic mass is 9.92. The molecular formula is C18H18N2O. The molecule has 2 aromatic rings. The van der Waals surface area contributed by atoms with Crippen molar-refractivity contribution in [2.24, 2.45) is 5.41 Å². The molecule has 1 amide bonds. The van der Waals surface area contributed by atoms with Crippen LogP contribution in [0.2, 0.25) is 0 Å². The summed E-state index contributed by atoms with van der Waals surface area (Å²) < 4.78 is 0. The van der Waals surface area contributed by atoms with E-state index in [0.717, 1.165) is 11.1 Å². The Morgan fingerprint density at radius 1 is 1.00 bits per heavy atom. The van der Waals surface area contributed by atoms with Crippen molar-refractivity contribution in [2.45, 2.75) is 19.9 Å². The molecule has 0 aliphatic carbocycles. The van der Waals surface area contributed by atoms with Crippen molar-refractivity contribution in [1.82, 2.24) is 5.32 Å². The van der Waals surface area contributed by atoms with Gasteiger partial charge in [0.25, 0.3) is 0 Å². The van der Waals surface area contributed by atoms with E-state index in [9.17, 15) is 4.79 Å². The SMILES string of the molecule is CC(C)(C#N)C(=O)NC(c1ccccc1)c1ccccc1. The topological polar surface area (TPSA) is 52.9 Å². The number of nitrogens with zero attached hydrogens (tertiary/aromatic N) is 1. The summed E-state index contributed by atoms with van der Waals surface area (Å²) in [5, 5.41) is 12.1. The quantitative estimate of drug-likeness (QED) is 0.931. The van der Waals surface area contributed by atoms with Crippen molar-refractivity contribution in [3.63, 3.8) is 0 Å². The first kappa shape index (κ1) is 14.8. The van der Waals surface area contributed by atoms with Gasteiger partial charge in [-0.1, -0.05) is 60.7 Å². The minimum absolute atomic E-state index is 0.257. The van der Waals surface area contributed by atoms with E-state index in [4.69, 9.17) is 5.26 Å². The molecule has 0 saturated heterocycles. The molecular weight excluding hydrogens is 260 g/mol. The monoisotopic (exact) mass is 278 g/mol. The van der Waals surface area contributed by atoms with Crippen LogP contribution in [0.4, 0.5) is 0 Å². The Balaban J connectivity index is 2.35. The van der Waals surface area contributed by atoms with E-state index < -0.39 is 5.41 Å². The van der Waals surface area contributed by atoms with Gasteiger partial charge in [0.15, 0.2) is 0 Å². The van der Waals surface area contributed by atoms with Crippen LogP contribution in [0.25, 0.3) is 0 Å². The second-order valence-corrected chi connectivity index (χ2v) is 5.46. The molecule has 0 spiro atoms. The van der Waals surface area contributed by atoms with Crippen molar-refractivity contribution in [2.75, 3.05) is 0 Å². The Bertz CT molecular complexity index is 602. The van der Waals surface area contributed by atoms with Crippen LogP contribution in [-0.4, -0.2) is 5.91 Å². The van der Waals surface area contributed by atoms with Gasteiger partial charge in [-0.2, -0.15) is 5.26 Å². The molecule has 0 aliphatic rings. The van der Waals surface area contributed by atoms with Gasteiger partial charge in [-0.25, -0.2) is 0 Å². The lowest BCUT2D eigenvalue weighted by molar-refractivity contribution is -0.127. The predicted octanol–water partition coefficient (Wildman–Crippen LogP) is 3.44. The maximum absolute atomic E-state index is 12.3. The zero-order chi connectivity index (χ0) is 15.3. The fourth-order valence-corrected chi connectivity index (χ4v) is 2.01. The standard InChI is InChI=1S/C18H18N2O/c1-18(2,13-19)17(21)20-16(14-9-5-3-6-10-14)15-11-7-4-8-12-15/h3-12,16H,1-2H3,(H,20,21). The molecule has 2 aromatic carbocycles. The second kappa shape index (κ2) is 6.23. The Kier molecular flexibility index (Phi) is 4.39. The Morgan fingerprint density at radius 2 is 1.43 bits per heavy atom. The molecule has 21 heavy (non-hydrogen) atoms. The number of nitrogens with one attached hydrogen (secondary N) is 1. The maximum atomic E-state index is 12.3. The summed E-state index contributed by atoms with van der Waals surface area (Å²) in [6, 6.07) is 21.3. The van der Waals surface area contributed by atoms with Crippen molar-refractivity contribution in [3.05, 3.63) is 71.8 Å². The molecule has 0 saturated carbocycles. The largest absolute Gasteiger partial charge is 0.344 e. The first-order valence-electron chi connectivity index (χ1n) is 6.87. The highest BCUT2D eigenvalue weighted by Gasteiger charge is 2.29. The third-order valence-corrected chi connectivity index (χ3v) is 3.39. The highest BCUT2D eigenvalue weighted by molar-refractivity contribution is 5.85. The number of nitriles is 1. The van der Waals surface area contributed by atoms with Gasteiger partial charge in [-0.05, 0) is 25.0 Å². The van der Waals surface area contributed by atoms with Crippen LogP contribution in [-0.2, 0) is 4.79 Å². The fourth-order valence-electron chi connectivity index (χ4n) is 2.01. The normalized spacial score (nSPS) is 11.0. The van der Waals surface area contributed by atoms with E-state index in [1.165, 1.54) is 0 Å². The second-order valence-electron chi connectivity index (χ2n) is 5.46. The summed E-state index contributed by atoms with van der Waals surface area (Å²) in [7, 11) is 0. The Labute approximate surface area is 125 Å². The van der Waals surface area contributed by atoms with Crippen molar-refractivity contribution in [1.29, 1.82) is 5.26 Å². The van der Waals surface area contributed by atoms with Gasteiger partial charge >= 0.3 is 0 Å². The van der Waals surface area contributed by atoms with E-state index in [2.05, 4.69) is 5.32 Å². The van der Waals surface area contributed by atoms with Crippen LogP contribution in [0.3, 0.4) is 0 Å². The van der Waals surface area contributed by atoms with Crippen LogP contribution in [0, 0.1) is 16.7 Å². The number of benzene rings is 2. The van der Waals surface area contributed by atoms with E-state index in [1.807, 2.05) is 66.7 Å². The van der Waals surface area contributed by atoms with Gasteiger partial charge < -0.3 is 5.32 Å². The number of carbonyl (C=O) groups is 1. The first-order valence-corrected chi connectivity index (χ1v) is 6.87. The van der Waals surface area contributed by atoms with Gasteiger partial charge in [-0.3, -0.25) is 4.79 Å². The molecule has 1 N–H and O–H groups in total. The molecule has 0 fully saturated rings. The lowest BCUT2D eigenvalue weighted by Gasteiger charge is -2.23. The molecule has 0 atom stereocenters. The van der Waals surface area contributed by atoms with Crippen LogP contribution in [0.15, 0.2) is 60.7 Å². The average molecular weight is 278 g/mol. The molecule has 0 heterocycles. The summed E-state index contributed by atoms with van der Waals surface area (Å²) in [5.41, 5.74) is 0.929. The lowest BCUT2D eigenvalue weighted by Crippen LogP contribution is -2.38. The molecule has 0 aromatic heterocycles. The van der Waals surface area contributed by atoms with Gasteiger partial charge in [0.05, 0.1) is 12.1 Å². The zero-order valence-corrected chi connectivity index (χ0v) is 12.2. The molecule has 0 aliphatic heterocycles. The highest BCUT2D eigenvalue weighted by atomic mass is 16.2. The minimum Gasteiger partial charge on any atom is -0.344 e. The third-order valence-electron chi connectivity index (χ3n) is 3.39. The summed E-state index contributed by atoms with van der Waals surface area (Å²) in [6.07, 6.45) is 0. The number of carbonyl (C=O) groups excluding carboxylic acids is 1. The number of hydrogen-bond acceptors (Lipinski definition) is 2. The van der Waals surface area contributed by atoms with Crippen molar-refractivity contribution in [3.8, 4) is 6.07 Å². The van der Waals surface area contributed by atoms with Crippen LogP contribution in [0.1, 0.15) is 31.0 Å². The molecule has 3 nitrogen and oxygen atoms in total. The van der Waals surface area contributed by atoms with Gasteiger partial charge in [0.1, 0.15) is 5.41 Å². The molecule has 106 valence electrons. The first-order chi connectivity index (χ1) is 10.0. The van der Waals surface area contributed by atoms with Gasteiger partial charge in [0, 0.05) is 0 Å². The van der Waals surface area contributed by atoms with Crippen LogP contribution >= 0.6 is 0 Å². The number of hydrogen-bond donors (Lipinski definition) is 1. The smallest absolute Gasteiger partial charge is 0.240 e. The average Bonchev–Trinajstić information content (AvgIpc) is 2.54. The maximum Gasteiger partial charge on any atom is 0.240 e. The zero-order valence-electron chi connectivity index (χ0n) is 12.2. The van der Waals surface area contributed by atoms with E-state index in [0.29, 0.717) is 0 Å². The van der Waals surface area contributed by atoms with E-state index in [-0.39, 0.29) is 11.9 Å². The molecule has 2 rings (SSSR count). The molecule has 0 radical (unpaired) electrons. The Morgan fingerprint density at radius 3 is 1.81 bits per heavy atom. The van der Waals surface area contributed by atoms with E-state index >= 15 is 0 Å².